The zero-order valence-corrected chi connectivity index (χ0v) is 18.1. The molecule has 7 nitrogen and oxygen atoms in total. The molecule has 0 atom stereocenters. The standard InChI is InChI=1S/C24H21N3O4S/c1-30-17-18-7-9-19(10-8-18)23-24(26-16-15-25-23)27-32(28,29)22-13-11-21(12-14-22)31-20-5-3-2-4-6-20/h2-16H,17H2,1H3,(H,26,27). The van der Waals surface area contributed by atoms with Gasteiger partial charge in [0.1, 0.15) is 17.2 Å². The van der Waals surface area contributed by atoms with Gasteiger partial charge in [0.15, 0.2) is 5.82 Å². The fourth-order valence-electron chi connectivity index (χ4n) is 3.05. The summed E-state index contributed by atoms with van der Waals surface area (Å²) in [5.41, 5.74) is 2.17. The quantitative estimate of drug-likeness (QED) is 0.414. The van der Waals surface area contributed by atoms with E-state index in [0.29, 0.717) is 23.8 Å². The van der Waals surface area contributed by atoms with E-state index in [0.717, 1.165) is 11.1 Å². The molecule has 0 amide bonds. The summed E-state index contributed by atoms with van der Waals surface area (Å²) >= 11 is 0. The third-order valence-electron chi connectivity index (χ3n) is 4.58. The summed E-state index contributed by atoms with van der Waals surface area (Å²) < 4.78 is 39.3. The van der Waals surface area contributed by atoms with Crippen LogP contribution in [0.5, 0.6) is 11.5 Å². The van der Waals surface area contributed by atoms with Crippen LogP contribution in [0.4, 0.5) is 5.82 Å². The summed E-state index contributed by atoms with van der Waals surface area (Å²) in [4.78, 5) is 8.61. The number of rotatable bonds is 8. The summed E-state index contributed by atoms with van der Waals surface area (Å²) in [5.74, 6) is 1.35. The van der Waals surface area contributed by atoms with Gasteiger partial charge in [0.2, 0.25) is 0 Å². The average molecular weight is 448 g/mol. The van der Waals surface area contributed by atoms with Crippen LogP contribution < -0.4 is 9.46 Å². The van der Waals surface area contributed by atoms with Crippen LogP contribution in [0.25, 0.3) is 11.3 Å². The molecule has 0 aliphatic rings. The minimum absolute atomic E-state index is 0.0879. The van der Waals surface area contributed by atoms with Crippen molar-refractivity contribution >= 4 is 15.8 Å². The van der Waals surface area contributed by atoms with Gasteiger partial charge in [-0.15, -0.1) is 0 Å². The van der Waals surface area contributed by atoms with E-state index in [1.807, 2.05) is 54.6 Å². The second-order valence-electron chi connectivity index (χ2n) is 6.88. The number of para-hydroxylation sites is 1. The second kappa shape index (κ2) is 9.59. The number of hydrogen-bond donors (Lipinski definition) is 1. The van der Waals surface area contributed by atoms with Gasteiger partial charge in [0.25, 0.3) is 10.0 Å². The van der Waals surface area contributed by atoms with E-state index in [4.69, 9.17) is 9.47 Å². The number of anilines is 1. The molecule has 1 heterocycles. The number of aromatic nitrogens is 2. The predicted octanol–water partition coefficient (Wildman–Crippen LogP) is 4.88. The highest BCUT2D eigenvalue weighted by Crippen LogP contribution is 2.27. The van der Waals surface area contributed by atoms with Crippen molar-refractivity contribution in [1.82, 2.24) is 9.97 Å². The van der Waals surface area contributed by atoms with Crippen LogP contribution in [-0.2, 0) is 21.4 Å². The van der Waals surface area contributed by atoms with E-state index in [2.05, 4.69) is 14.7 Å². The molecule has 0 spiro atoms. The summed E-state index contributed by atoms with van der Waals surface area (Å²) in [6.45, 7) is 0.490. The minimum Gasteiger partial charge on any atom is -0.457 e. The van der Waals surface area contributed by atoms with Crippen LogP contribution in [0.3, 0.4) is 0 Å². The van der Waals surface area contributed by atoms with Crippen LogP contribution >= 0.6 is 0 Å². The molecule has 162 valence electrons. The number of ether oxygens (including phenoxy) is 2. The number of nitrogens with one attached hydrogen (secondary N) is 1. The van der Waals surface area contributed by atoms with E-state index in [-0.39, 0.29) is 10.7 Å². The minimum atomic E-state index is -3.88. The topological polar surface area (TPSA) is 90.4 Å². The van der Waals surface area contributed by atoms with Gasteiger partial charge >= 0.3 is 0 Å². The zero-order chi connectivity index (χ0) is 22.4. The van der Waals surface area contributed by atoms with Crippen molar-refractivity contribution in [2.75, 3.05) is 11.8 Å². The number of benzene rings is 3. The van der Waals surface area contributed by atoms with Crippen LogP contribution in [0.1, 0.15) is 5.56 Å². The van der Waals surface area contributed by atoms with Gasteiger partial charge < -0.3 is 9.47 Å². The molecule has 4 rings (SSSR count). The van der Waals surface area contributed by atoms with Crippen LogP contribution in [0.15, 0.2) is 96.2 Å². The largest absolute Gasteiger partial charge is 0.457 e. The van der Waals surface area contributed by atoms with Crippen molar-refractivity contribution in [3.63, 3.8) is 0 Å². The molecule has 0 saturated heterocycles. The average Bonchev–Trinajstić information content (AvgIpc) is 2.81. The van der Waals surface area contributed by atoms with E-state index in [1.54, 1.807) is 19.2 Å². The lowest BCUT2D eigenvalue weighted by molar-refractivity contribution is 0.185. The van der Waals surface area contributed by atoms with Crippen LogP contribution in [-0.4, -0.2) is 25.5 Å². The third-order valence-corrected chi connectivity index (χ3v) is 5.94. The third kappa shape index (κ3) is 5.11. The molecular weight excluding hydrogens is 426 g/mol. The van der Waals surface area contributed by atoms with Crippen molar-refractivity contribution in [2.45, 2.75) is 11.5 Å². The molecule has 1 aromatic heterocycles. The van der Waals surface area contributed by atoms with E-state index < -0.39 is 10.0 Å². The smallest absolute Gasteiger partial charge is 0.263 e. The highest BCUT2D eigenvalue weighted by molar-refractivity contribution is 7.92. The lowest BCUT2D eigenvalue weighted by Crippen LogP contribution is -2.15. The Balaban J connectivity index is 1.55. The Morgan fingerprint density at radius 3 is 2.16 bits per heavy atom. The van der Waals surface area contributed by atoms with Crippen molar-refractivity contribution in [3.8, 4) is 22.8 Å². The first-order chi connectivity index (χ1) is 15.5. The number of sulfonamides is 1. The van der Waals surface area contributed by atoms with Crippen molar-refractivity contribution < 1.29 is 17.9 Å². The molecule has 1 N–H and O–H groups in total. The molecule has 4 aromatic rings. The van der Waals surface area contributed by atoms with Gasteiger partial charge in [-0.1, -0.05) is 42.5 Å². The molecule has 0 radical (unpaired) electrons. The van der Waals surface area contributed by atoms with Gasteiger partial charge in [0, 0.05) is 25.1 Å². The fraction of sp³-hybridized carbons (Fsp3) is 0.0833. The Morgan fingerprint density at radius 2 is 1.47 bits per heavy atom. The summed E-state index contributed by atoms with van der Waals surface area (Å²) in [6.07, 6.45) is 2.96. The second-order valence-corrected chi connectivity index (χ2v) is 8.56. The molecule has 32 heavy (non-hydrogen) atoms. The van der Waals surface area contributed by atoms with E-state index in [9.17, 15) is 8.42 Å². The normalized spacial score (nSPS) is 11.2. The maximum absolute atomic E-state index is 13.0. The summed E-state index contributed by atoms with van der Waals surface area (Å²) in [5, 5.41) is 0. The molecule has 0 aliphatic heterocycles. The first-order valence-corrected chi connectivity index (χ1v) is 11.3. The number of hydrogen-bond acceptors (Lipinski definition) is 6. The fourth-order valence-corrected chi connectivity index (χ4v) is 4.06. The van der Waals surface area contributed by atoms with Gasteiger partial charge in [-0.05, 0) is 42.0 Å². The molecular formula is C24H21N3O4S. The lowest BCUT2D eigenvalue weighted by atomic mass is 10.1. The highest BCUT2D eigenvalue weighted by atomic mass is 32.2. The van der Waals surface area contributed by atoms with Gasteiger partial charge in [-0.2, -0.15) is 0 Å². The Morgan fingerprint density at radius 1 is 0.812 bits per heavy atom. The number of methoxy groups -OCH3 is 1. The van der Waals surface area contributed by atoms with E-state index >= 15 is 0 Å². The molecule has 0 unspecified atom stereocenters. The van der Waals surface area contributed by atoms with Crippen molar-refractivity contribution in [2.24, 2.45) is 0 Å². The van der Waals surface area contributed by atoms with Crippen LogP contribution in [0, 0.1) is 0 Å². The Kier molecular flexibility index (Phi) is 6.44. The summed E-state index contributed by atoms with van der Waals surface area (Å²) in [6, 6.07) is 22.9. The predicted molar refractivity (Wildman–Crippen MR) is 122 cm³/mol. The maximum atomic E-state index is 13.0. The van der Waals surface area contributed by atoms with Gasteiger partial charge in [0.05, 0.1) is 11.5 Å². The molecule has 0 bridgehead atoms. The monoisotopic (exact) mass is 447 g/mol. The highest BCUT2D eigenvalue weighted by Gasteiger charge is 2.18. The maximum Gasteiger partial charge on any atom is 0.263 e. The number of nitrogens with zero attached hydrogens (tertiary/aromatic N) is 2. The van der Waals surface area contributed by atoms with Crippen LogP contribution in [0.2, 0.25) is 0 Å². The SMILES string of the molecule is COCc1ccc(-c2nccnc2NS(=O)(=O)c2ccc(Oc3ccccc3)cc2)cc1. The van der Waals surface area contributed by atoms with Gasteiger partial charge in [-0.3, -0.25) is 9.71 Å². The van der Waals surface area contributed by atoms with Crippen molar-refractivity contribution in [1.29, 1.82) is 0 Å². The zero-order valence-electron chi connectivity index (χ0n) is 17.3. The lowest BCUT2D eigenvalue weighted by Gasteiger charge is -2.12. The molecule has 0 saturated carbocycles. The summed E-state index contributed by atoms with van der Waals surface area (Å²) in [7, 11) is -2.25. The van der Waals surface area contributed by atoms with Gasteiger partial charge in [-0.25, -0.2) is 13.4 Å². The van der Waals surface area contributed by atoms with E-state index in [1.165, 1.54) is 24.5 Å². The molecule has 8 heteroatoms. The Hall–Kier alpha value is -3.75. The Bertz CT molecular complexity index is 1280. The molecule has 3 aromatic carbocycles. The first kappa shape index (κ1) is 21.5. The Labute approximate surface area is 186 Å². The molecule has 0 aliphatic carbocycles. The van der Waals surface area contributed by atoms with Crippen molar-refractivity contribution in [3.05, 3.63) is 96.8 Å². The molecule has 0 fully saturated rings. The first-order valence-electron chi connectivity index (χ1n) is 9.80.